The molecule has 26 heavy (non-hydrogen) atoms. The minimum atomic E-state index is -0.859. The minimum Gasteiger partial charge on any atom is -0.452 e. The summed E-state index contributed by atoms with van der Waals surface area (Å²) in [6, 6.07) is 9.51. The smallest absolute Gasteiger partial charge is 0.306 e. The van der Waals surface area contributed by atoms with Crippen molar-refractivity contribution in [1.82, 2.24) is 10.1 Å². The number of rotatable bonds is 7. The van der Waals surface area contributed by atoms with E-state index < -0.39 is 18.0 Å². The number of aryl methyl sites for hydroxylation is 2. The molecule has 3 aromatic rings. The minimum absolute atomic E-state index is 0.203. The number of anilines is 1. The first kappa shape index (κ1) is 17.7. The van der Waals surface area contributed by atoms with Gasteiger partial charge in [0.25, 0.3) is 5.91 Å². The van der Waals surface area contributed by atoms with Gasteiger partial charge in [-0.1, -0.05) is 30.3 Å². The Balaban J connectivity index is 1.54. The molecule has 1 atom stereocenters. The van der Waals surface area contributed by atoms with E-state index in [-0.39, 0.29) is 6.42 Å². The fourth-order valence-electron chi connectivity index (χ4n) is 2.75. The third-order valence-corrected chi connectivity index (χ3v) is 4.09. The van der Waals surface area contributed by atoms with Crippen LogP contribution in [0.1, 0.15) is 31.1 Å². The van der Waals surface area contributed by atoms with Gasteiger partial charge in [0.1, 0.15) is 5.76 Å². The first-order valence-electron chi connectivity index (χ1n) is 8.55. The molecule has 7 heteroatoms. The van der Waals surface area contributed by atoms with Crippen molar-refractivity contribution in [2.75, 3.05) is 5.32 Å². The van der Waals surface area contributed by atoms with Crippen LogP contribution >= 0.6 is 0 Å². The molecular weight excluding hydrogens is 334 g/mol. The van der Waals surface area contributed by atoms with Gasteiger partial charge >= 0.3 is 5.97 Å². The lowest BCUT2D eigenvalue weighted by molar-refractivity contribution is -0.154. The van der Waals surface area contributed by atoms with Gasteiger partial charge in [0.2, 0.25) is 0 Å². The predicted molar refractivity (Wildman–Crippen MR) is 96.7 cm³/mol. The highest BCUT2D eigenvalue weighted by Gasteiger charge is 2.22. The van der Waals surface area contributed by atoms with Gasteiger partial charge < -0.3 is 19.6 Å². The average molecular weight is 355 g/mol. The van der Waals surface area contributed by atoms with Crippen molar-refractivity contribution in [1.29, 1.82) is 0 Å². The highest BCUT2D eigenvalue weighted by atomic mass is 16.5. The van der Waals surface area contributed by atoms with Crippen molar-refractivity contribution in [3.8, 4) is 0 Å². The maximum atomic E-state index is 12.2. The summed E-state index contributed by atoms with van der Waals surface area (Å²) in [5, 5.41) is 7.38. The number of ether oxygens (including phenoxy) is 1. The molecular formula is C19H21N3O4. The molecule has 0 saturated heterocycles. The molecule has 7 nitrogen and oxygen atoms in total. The number of esters is 1. The van der Waals surface area contributed by atoms with Crippen molar-refractivity contribution < 1.29 is 18.8 Å². The van der Waals surface area contributed by atoms with Gasteiger partial charge in [0.05, 0.1) is 0 Å². The molecule has 136 valence electrons. The number of H-pyrrole nitrogens is 1. The van der Waals surface area contributed by atoms with Crippen LogP contribution in [-0.4, -0.2) is 28.1 Å². The zero-order valence-corrected chi connectivity index (χ0v) is 14.7. The van der Waals surface area contributed by atoms with Crippen LogP contribution in [0.15, 0.2) is 41.1 Å². The Hall–Kier alpha value is -3.09. The Morgan fingerprint density at radius 3 is 2.88 bits per heavy atom. The first-order chi connectivity index (χ1) is 12.6. The van der Waals surface area contributed by atoms with Gasteiger partial charge in [-0.2, -0.15) is 0 Å². The maximum Gasteiger partial charge on any atom is 0.306 e. The number of nitrogens with zero attached hydrogens (tertiary/aromatic N) is 1. The Labute approximate surface area is 150 Å². The second-order valence-electron chi connectivity index (χ2n) is 6.06. The molecule has 1 amide bonds. The van der Waals surface area contributed by atoms with E-state index in [1.807, 2.05) is 30.5 Å². The molecule has 0 bridgehead atoms. The second kappa shape index (κ2) is 7.86. The molecule has 2 heterocycles. The van der Waals surface area contributed by atoms with Crippen LogP contribution in [0.3, 0.4) is 0 Å². The SMILES string of the molecule is CC[C@@H](OC(=O)CCc1c[nH]c2ccccc12)C(=O)Nc1cc(C)on1. The molecule has 0 radical (unpaired) electrons. The van der Waals surface area contributed by atoms with Gasteiger partial charge in [-0.3, -0.25) is 9.59 Å². The summed E-state index contributed by atoms with van der Waals surface area (Å²) in [7, 11) is 0. The van der Waals surface area contributed by atoms with E-state index in [9.17, 15) is 9.59 Å². The molecule has 0 unspecified atom stereocenters. The Kier molecular flexibility index (Phi) is 5.36. The number of amides is 1. The monoisotopic (exact) mass is 355 g/mol. The number of carbonyl (C=O) groups excluding carboxylic acids is 2. The number of hydrogen-bond acceptors (Lipinski definition) is 5. The van der Waals surface area contributed by atoms with Crippen molar-refractivity contribution in [2.45, 2.75) is 39.2 Å². The number of aromatic amines is 1. The number of hydrogen-bond donors (Lipinski definition) is 2. The lowest BCUT2D eigenvalue weighted by Crippen LogP contribution is -2.32. The third-order valence-electron chi connectivity index (χ3n) is 4.09. The van der Waals surface area contributed by atoms with Crippen molar-refractivity contribution >= 4 is 28.6 Å². The molecule has 0 aliphatic rings. The quantitative estimate of drug-likeness (QED) is 0.633. The van der Waals surface area contributed by atoms with Crippen LogP contribution in [0, 0.1) is 6.92 Å². The van der Waals surface area contributed by atoms with Gasteiger partial charge in [-0.15, -0.1) is 0 Å². The summed E-state index contributed by atoms with van der Waals surface area (Å²) in [4.78, 5) is 27.6. The average Bonchev–Trinajstić information content (AvgIpc) is 3.23. The molecule has 0 aliphatic carbocycles. The van der Waals surface area contributed by atoms with Crippen molar-refractivity contribution in [3.05, 3.63) is 47.9 Å². The molecule has 1 aromatic carbocycles. The standard InChI is InChI=1S/C19H21N3O4/c1-3-16(19(24)21-17-10-12(2)26-22-17)25-18(23)9-8-13-11-20-15-7-5-4-6-14(13)15/h4-7,10-11,16,20H,3,8-9H2,1-2H3,(H,21,22,24)/t16-/m1/s1. The van der Waals surface area contributed by atoms with Gasteiger partial charge in [0.15, 0.2) is 11.9 Å². The van der Waals surface area contributed by atoms with Crippen molar-refractivity contribution in [2.24, 2.45) is 0 Å². The molecule has 0 aliphatic heterocycles. The van der Waals surface area contributed by atoms with Crippen LogP contribution in [0.5, 0.6) is 0 Å². The Morgan fingerprint density at radius 2 is 2.15 bits per heavy atom. The molecule has 2 aromatic heterocycles. The largest absolute Gasteiger partial charge is 0.452 e. The highest BCUT2D eigenvalue weighted by molar-refractivity contribution is 5.94. The van der Waals surface area contributed by atoms with Crippen LogP contribution < -0.4 is 5.32 Å². The third kappa shape index (κ3) is 4.11. The zero-order chi connectivity index (χ0) is 18.5. The number of nitrogens with one attached hydrogen (secondary N) is 2. The molecule has 3 rings (SSSR count). The van der Waals surface area contributed by atoms with Crippen LogP contribution in [0.25, 0.3) is 10.9 Å². The van der Waals surface area contributed by atoms with Crippen LogP contribution in [-0.2, 0) is 20.7 Å². The van der Waals surface area contributed by atoms with Gasteiger partial charge in [-0.25, -0.2) is 0 Å². The summed E-state index contributed by atoms with van der Waals surface area (Å²) in [5.74, 6) is 0.0692. The number of aromatic nitrogens is 2. The summed E-state index contributed by atoms with van der Waals surface area (Å²) < 4.78 is 10.2. The maximum absolute atomic E-state index is 12.2. The second-order valence-corrected chi connectivity index (χ2v) is 6.06. The Morgan fingerprint density at radius 1 is 1.35 bits per heavy atom. The molecule has 0 spiro atoms. The summed E-state index contributed by atoms with van der Waals surface area (Å²) in [6.07, 6.45) is 2.16. The number of benzene rings is 1. The van der Waals surface area contributed by atoms with Crippen LogP contribution in [0.4, 0.5) is 5.82 Å². The fourth-order valence-corrected chi connectivity index (χ4v) is 2.75. The topological polar surface area (TPSA) is 97.2 Å². The number of fused-ring (bicyclic) bond motifs is 1. The lowest BCUT2D eigenvalue weighted by Gasteiger charge is -2.15. The van der Waals surface area contributed by atoms with Crippen LogP contribution in [0.2, 0.25) is 0 Å². The van der Waals surface area contributed by atoms with E-state index in [4.69, 9.17) is 9.26 Å². The van der Waals surface area contributed by atoms with E-state index in [0.717, 1.165) is 16.5 Å². The number of para-hydroxylation sites is 1. The summed E-state index contributed by atoms with van der Waals surface area (Å²) in [5.41, 5.74) is 2.08. The van der Waals surface area contributed by atoms with E-state index in [1.165, 1.54) is 0 Å². The fraction of sp³-hybridized carbons (Fsp3) is 0.316. The van der Waals surface area contributed by atoms with E-state index in [0.29, 0.717) is 24.4 Å². The first-order valence-corrected chi connectivity index (χ1v) is 8.55. The van der Waals surface area contributed by atoms with E-state index in [1.54, 1.807) is 19.9 Å². The van der Waals surface area contributed by atoms with Gasteiger partial charge in [-0.05, 0) is 31.4 Å². The summed E-state index contributed by atoms with van der Waals surface area (Å²) >= 11 is 0. The van der Waals surface area contributed by atoms with E-state index in [2.05, 4.69) is 15.5 Å². The lowest BCUT2D eigenvalue weighted by atomic mass is 10.1. The highest BCUT2D eigenvalue weighted by Crippen LogP contribution is 2.19. The van der Waals surface area contributed by atoms with Crippen molar-refractivity contribution in [3.63, 3.8) is 0 Å². The predicted octanol–water partition coefficient (Wildman–Crippen LogP) is 3.36. The van der Waals surface area contributed by atoms with Gasteiger partial charge in [0, 0.05) is 29.6 Å². The van der Waals surface area contributed by atoms with E-state index >= 15 is 0 Å². The Bertz CT molecular complexity index is 912. The zero-order valence-electron chi connectivity index (χ0n) is 14.7. The molecule has 2 N–H and O–H groups in total. The number of carbonyl (C=O) groups is 2. The molecule has 0 saturated carbocycles. The molecule has 0 fully saturated rings. The summed E-state index contributed by atoms with van der Waals surface area (Å²) in [6.45, 7) is 3.51. The normalized spacial score (nSPS) is 12.1.